The molecule has 0 aliphatic heterocycles. The Labute approximate surface area is 191 Å². The van der Waals surface area contributed by atoms with Gasteiger partial charge in [0.2, 0.25) is 5.91 Å². The lowest BCUT2D eigenvalue weighted by Gasteiger charge is -2.18. The molecule has 0 aromatic heterocycles. The van der Waals surface area contributed by atoms with Crippen molar-refractivity contribution in [3.8, 4) is 0 Å². The maximum Gasteiger partial charge on any atom is 0.253 e. The molecule has 1 aliphatic rings. The van der Waals surface area contributed by atoms with E-state index in [1.807, 2.05) is 49.9 Å². The third-order valence-electron chi connectivity index (χ3n) is 4.68. The van der Waals surface area contributed by atoms with E-state index in [1.54, 1.807) is 0 Å². The van der Waals surface area contributed by atoms with Crippen molar-refractivity contribution in [2.24, 2.45) is 10.9 Å². The van der Waals surface area contributed by atoms with E-state index in [0.717, 1.165) is 24.9 Å². The molecule has 0 spiro atoms. The minimum atomic E-state index is 0. The molecule has 0 radical (unpaired) electrons. The fraction of sp³-hybridized carbons (Fsp3) is 0.571. The zero-order valence-corrected chi connectivity index (χ0v) is 20.0. The summed E-state index contributed by atoms with van der Waals surface area (Å²) in [4.78, 5) is 30.4. The second kappa shape index (κ2) is 13.4. The molecule has 29 heavy (non-hydrogen) atoms. The van der Waals surface area contributed by atoms with E-state index in [2.05, 4.69) is 20.9 Å². The molecule has 1 aromatic rings. The van der Waals surface area contributed by atoms with E-state index < -0.39 is 0 Å². The molecule has 0 unspecified atom stereocenters. The highest BCUT2D eigenvalue weighted by Gasteiger charge is 2.28. The summed E-state index contributed by atoms with van der Waals surface area (Å²) in [6.45, 7) is 9.89. The quantitative estimate of drug-likeness (QED) is 0.193. The first-order valence-corrected chi connectivity index (χ1v) is 10.3. The number of benzene rings is 1. The number of nitrogens with zero attached hydrogens (tertiary/aromatic N) is 2. The predicted molar refractivity (Wildman–Crippen MR) is 128 cm³/mol. The van der Waals surface area contributed by atoms with Gasteiger partial charge in [-0.2, -0.15) is 0 Å². The molecule has 0 atom stereocenters. The number of hydrogen-bond acceptors (Lipinski definition) is 3. The summed E-state index contributed by atoms with van der Waals surface area (Å²) in [6, 6.07) is 7.61. The van der Waals surface area contributed by atoms with Crippen molar-refractivity contribution < 1.29 is 9.59 Å². The van der Waals surface area contributed by atoms with Crippen LogP contribution in [0.5, 0.6) is 0 Å². The van der Waals surface area contributed by atoms with Crippen LogP contribution in [0.1, 0.15) is 49.5 Å². The van der Waals surface area contributed by atoms with E-state index in [4.69, 9.17) is 0 Å². The first-order valence-electron chi connectivity index (χ1n) is 10.3. The molecule has 0 bridgehead atoms. The van der Waals surface area contributed by atoms with Crippen molar-refractivity contribution >= 4 is 41.8 Å². The Morgan fingerprint density at radius 1 is 1.00 bits per heavy atom. The molecule has 0 saturated heterocycles. The Balaban J connectivity index is 0.00000420. The number of guanidine groups is 1. The summed E-state index contributed by atoms with van der Waals surface area (Å²) in [7, 11) is 0. The molecule has 1 aromatic carbocycles. The number of aliphatic imine (C=N–C) groups is 1. The average molecular weight is 515 g/mol. The molecular weight excluding hydrogens is 481 g/mol. The van der Waals surface area contributed by atoms with Gasteiger partial charge in [0.15, 0.2) is 5.96 Å². The second-order valence-electron chi connectivity index (χ2n) is 6.86. The Bertz CT molecular complexity index is 670. The lowest BCUT2D eigenvalue weighted by Crippen LogP contribution is -2.41. The Morgan fingerprint density at radius 3 is 2.17 bits per heavy atom. The van der Waals surface area contributed by atoms with Gasteiger partial charge in [-0.1, -0.05) is 12.1 Å². The summed E-state index contributed by atoms with van der Waals surface area (Å²) in [5.41, 5.74) is 1.74. The highest BCUT2D eigenvalue weighted by Crippen LogP contribution is 2.28. The predicted octanol–water partition coefficient (Wildman–Crippen LogP) is 2.37. The fourth-order valence-corrected chi connectivity index (χ4v) is 2.81. The highest BCUT2D eigenvalue weighted by atomic mass is 127. The third kappa shape index (κ3) is 8.59. The molecule has 0 heterocycles. The summed E-state index contributed by atoms with van der Waals surface area (Å²) in [5.74, 6) is 1.16. The fourth-order valence-electron chi connectivity index (χ4n) is 2.81. The molecule has 8 heteroatoms. The van der Waals surface area contributed by atoms with Crippen LogP contribution in [0, 0.1) is 5.92 Å². The number of nitrogens with one attached hydrogen (secondary N) is 3. The van der Waals surface area contributed by atoms with E-state index in [-0.39, 0.29) is 41.7 Å². The first kappa shape index (κ1) is 25.2. The smallest absolute Gasteiger partial charge is 0.253 e. The number of rotatable bonds is 10. The average Bonchev–Trinajstić information content (AvgIpc) is 3.55. The van der Waals surface area contributed by atoms with Gasteiger partial charge < -0.3 is 20.9 Å². The van der Waals surface area contributed by atoms with Crippen LogP contribution in [0.25, 0.3) is 0 Å². The molecule has 3 N–H and O–H groups in total. The van der Waals surface area contributed by atoms with Crippen molar-refractivity contribution in [3.63, 3.8) is 0 Å². The van der Waals surface area contributed by atoms with Gasteiger partial charge in [-0.15, -0.1) is 24.0 Å². The molecule has 2 rings (SSSR count). The van der Waals surface area contributed by atoms with Gasteiger partial charge >= 0.3 is 0 Å². The molecule has 1 fully saturated rings. The summed E-state index contributed by atoms with van der Waals surface area (Å²) in [6.07, 6.45) is 2.03. The van der Waals surface area contributed by atoms with Crippen molar-refractivity contribution in [2.75, 3.05) is 32.7 Å². The number of carbonyl (C=O) groups excluding carboxylic acids is 2. The molecule has 7 nitrogen and oxygen atoms in total. The van der Waals surface area contributed by atoms with Crippen LogP contribution in [-0.4, -0.2) is 55.4 Å². The van der Waals surface area contributed by atoms with Crippen LogP contribution in [0.4, 0.5) is 0 Å². The zero-order valence-electron chi connectivity index (χ0n) is 17.7. The minimum Gasteiger partial charge on any atom is -0.357 e. The monoisotopic (exact) mass is 515 g/mol. The topological polar surface area (TPSA) is 85.8 Å². The van der Waals surface area contributed by atoms with Gasteiger partial charge in [-0.25, -0.2) is 4.99 Å². The van der Waals surface area contributed by atoms with Gasteiger partial charge in [-0.3, -0.25) is 9.59 Å². The van der Waals surface area contributed by atoms with Gasteiger partial charge in [0.25, 0.3) is 5.91 Å². The Morgan fingerprint density at radius 2 is 1.62 bits per heavy atom. The van der Waals surface area contributed by atoms with Crippen LogP contribution in [0.15, 0.2) is 29.3 Å². The zero-order chi connectivity index (χ0) is 20.4. The van der Waals surface area contributed by atoms with Gasteiger partial charge in [0.1, 0.15) is 0 Å². The van der Waals surface area contributed by atoms with Crippen LogP contribution in [0.3, 0.4) is 0 Å². The van der Waals surface area contributed by atoms with Crippen LogP contribution < -0.4 is 16.0 Å². The summed E-state index contributed by atoms with van der Waals surface area (Å²) < 4.78 is 0. The largest absolute Gasteiger partial charge is 0.357 e. The maximum atomic E-state index is 12.4. The van der Waals surface area contributed by atoms with E-state index >= 15 is 0 Å². The Hall–Kier alpha value is -1.84. The normalized spacial score (nSPS) is 13.3. The summed E-state index contributed by atoms with van der Waals surface area (Å²) >= 11 is 0. The standard InChI is InChI=1S/C21H33N5O2.HI/c1-4-22-21(24-14-13-23-19(27)17-11-12-17)25-15-16-7-9-18(10-8-16)20(28)26(5-2)6-3;/h7-10,17H,4-6,11-15H2,1-3H3,(H,23,27)(H2,22,24,25);1H. The van der Waals surface area contributed by atoms with E-state index in [1.165, 1.54) is 0 Å². The van der Waals surface area contributed by atoms with Crippen LogP contribution >= 0.6 is 24.0 Å². The van der Waals surface area contributed by atoms with Crippen molar-refractivity contribution in [2.45, 2.75) is 40.2 Å². The van der Waals surface area contributed by atoms with Gasteiger partial charge in [0.05, 0.1) is 6.54 Å². The number of carbonyl (C=O) groups is 2. The van der Waals surface area contributed by atoms with Gasteiger partial charge in [0, 0.05) is 44.2 Å². The minimum absolute atomic E-state index is 0. The molecule has 1 aliphatic carbocycles. The van der Waals surface area contributed by atoms with Crippen LogP contribution in [-0.2, 0) is 11.3 Å². The van der Waals surface area contributed by atoms with Crippen molar-refractivity contribution in [1.29, 1.82) is 0 Å². The SMILES string of the molecule is CCNC(=NCc1ccc(C(=O)N(CC)CC)cc1)NCCNC(=O)C1CC1.I. The maximum absolute atomic E-state index is 12.4. The van der Waals surface area contributed by atoms with E-state index in [0.29, 0.717) is 44.2 Å². The number of halogens is 1. The Kier molecular flexibility index (Phi) is 11.6. The van der Waals surface area contributed by atoms with Gasteiger partial charge in [-0.05, 0) is 51.3 Å². The molecule has 2 amide bonds. The highest BCUT2D eigenvalue weighted by molar-refractivity contribution is 14.0. The second-order valence-corrected chi connectivity index (χ2v) is 6.86. The summed E-state index contributed by atoms with van der Waals surface area (Å²) in [5, 5.41) is 9.36. The first-order chi connectivity index (χ1) is 13.6. The van der Waals surface area contributed by atoms with E-state index in [9.17, 15) is 9.59 Å². The van der Waals surface area contributed by atoms with Crippen LogP contribution in [0.2, 0.25) is 0 Å². The van der Waals surface area contributed by atoms with Crippen molar-refractivity contribution in [3.05, 3.63) is 35.4 Å². The molecular formula is C21H34IN5O2. The number of hydrogen-bond donors (Lipinski definition) is 3. The lowest BCUT2D eigenvalue weighted by atomic mass is 10.1. The third-order valence-corrected chi connectivity index (χ3v) is 4.68. The van der Waals surface area contributed by atoms with Crippen molar-refractivity contribution in [1.82, 2.24) is 20.9 Å². The lowest BCUT2D eigenvalue weighted by molar-refractivity contribution is -0.122. The molecule has 1 saturated carbocycles. The number of amides is 2. The molecule has 162 valence electrons.